The molecule has 0 radical (unpaired) electrons. The molecule has 0 aliphatic heterocycles. The number of aromatic nitrogens is 1. The molecular weight excluding hydrogens is 274 g/mol. The van der Waals surface area contributed by atoms with E-state index in [-0.39, 0.29) is 11.6 Å². The van der Waals surface area contributed by atoms with Crippen LogP contribution in [-0.2, 0) is 16.6 Å². The van der Waals surface area contributed by atoms with E-state index in [1.54, 1.807) is 19.2 Å². The van der Waals surface area contributed by atoms with Crippen molar-refractivity contribution in [1.29, 1.82) is 0 Å². The summed E-state index contributed by atoms with van der Waals surface area (Å²) in [7, 11) is -3.60. The Morgan fingerprint density at radius 1 is 1.40 bits per heavy atom. The minimum absolute atomic E-state index is 0.0360. The molecule has 5 nitrogen and oxygen atoms in total. The van der Waals surface area contributed by atoms with Crippen LogP contribution < -0.4 is 5.32 Å². The highest BCUT2D eigenvalue weighted by molar-refractivity contribution is 7.89. The summed E-state index contributed by atoms with van der Waals surface area (Å²) in [5.41, 5.74) is 0.956. The largest absolute Gasteiger partial charge is 0.313 e. The van der Waals surface area contributed by atoms with E-state index in [4.69, 9.17) is 6.42 Å². The third kappa shape index (κ3) is 4.30. The van der Waals surface area contributed by atoms with E-state index in [1.165, 1.54) is 10.4 Å². The summed E-state index contributed by atoms with van der Waals surface area (Å²) in [4.78, 5) is 4.04. The lowest BCUT2D eigenvalue weighted by atomic mass is 10.3. The van der Waals surface area contributed by atoms with Gasteiger partial charge in [-0.1, -0.05) is 25.8 Å². The Kier molecular flexibility index (Phi) is 6.65. The summed E-state index contributed by atoms with van der Waals surface area (Å²) in [6.45, 7) is 5.83. The van der Waals surface area contributed by atoms with Gasteiger partial charge in [-0.2, -0.15) is 4.31 Å². The fourth-order valence-electron chi connectivity index (χ4n) is 1.68. The van der Waals surface area contributed by atoms with Crippen molar-refractivity contribution < 1.29 is 8.42 Å². The third-order valence-corrected chi connectivity index (χ3v) is 4.62. The lowest BCUT2D eigenvalue weighted by Gasteiger charge is -2.17. The number of nitrogens with one attached hydrogen (secondary N) is 1. The van der Waals surface area contributed by atoms with Crippen molar-refractivity contribution in [2.24, 2.45) is 0 Å². The maximum Gasteiger partial charge on any atom is 0.261 e. The molecule has 0 saturated carbocycles. The summed E-state index contributed by atoms with van der Waals surface area (Å²) in [6, 6.07) is 3.30. The first kappa shape index (κ1) is 16.6. The quantitative estimate of drug-likeness (QED) is 0.579. The smallest absolute Gasteiger partial charge is 0.261 e. The highest BCUT2D eigenvalue weighted by atomic mass is 32.2. The summed E-state index contributed by atoms with van der Waals surface area (Å²) >= 11 is 0. The molecule has 20 heavy (non-hydrogen) atoms. The van der Waals surface area contributed by atoms with E-state index >= 15 is 0 Å². The summed E-state index contributed by atoms with van der Waals surface area (Å²) in [5, 5.41) is 3.27. The van der Waals surface area contributed by atoms with Gasteiger partial charge in [-0.05, 0) is 24.6 Å². The number of terminal acetylenes is 1. The van der Waals surface area contributed by atoms with Gasteiger partial charge in [0.1, 0.15) is 0 Å². The molecule has 1 aromatic heterocycles. The van der Waals surface area contributed by atoms with Crippen molar-refractivity contribution in [3.05, 3.63) is 23.9 Å². The Morgan fingerprint density at radius 3 is 2.65 bits per heavy atom. The highest BCUT2D eigenvalue weighted by Crippen LogP contribution is 2.13. The number of hydrogen-bond donors (Lipinski definition) is 1. The first-order valence-electron chi connectivity index (χ1n) is 6.65. The van der Waals surface area contributed by atoms with Gasteiger partial charge in [0, 0.05) is 19.3 Å². The van der Waals surface area contributed by atoms with Crippen molar-refractivity contribution in [3.63, 3.8) is 0 Å². The van der Waals surface area contributed by atoms with Crippen molar-refractivity contribution in [2.45, 2.75) is 31.8 Å². The van der Waals surface area contributed by atoms with Gasteiger partial charge in [-0.25, -0.2) is 13.4 Å². The predicted molar refractivity (Wildman–Crippen MR) is 79.5 cm³/mol. The molecule has 0 aliphatic carbocycles. The fraction of sp³-hybridized carbons (Fsp3) is 0.500. The van der Waals surface area contributed by atoms with Crippen LogP contribution in [0.1, 0.15) is 25.8 Å². The molecule has 0 unspecified atom stereocenters. The molecule has 1 rings (SSSR count). The van der Waals surface area contributed by atoms with Crippen LogP contribution in [0.15, 0.2) is 23.4 Å². The molecule has 0 aromatic carbocycles. The van der Waals surface area contributed by atoms with E-state index in [1.807, 2.05) is 0 Å². The van der Waals surface area contributed by atoms with Crippen molar-refractivity contribution in [2.75, 3.05) is 19.6 Å². The SMILES string of the molecule is C#CCN(CC)S(=O)(=O)c1ccc(CNCCC)cn1. The first-order chi connectivity index (χ1) is 9.56. The van der Waals surface area contributed by atoms with E-state index in [2.05, 4.69) is 23.1 Å². The van der Waals surface area contributed by atoms with Crippen LogP contribution in [-0.4, -0.2) is 37.3 Å². The minimum Gasteiger partial charge on any atom is -0.313 e. The van der Waals surface area contributed by atoms with Gasteiger partial charge >= 0.3 is 0 Å². The first-order valence-corrected chi connectivity index (χ1v) is 8.09. The van der Waals surface area contributed by atoms with E-state index in [0.717, 1.165) is 18.5 Å². The Labute approximate surface area is 121 Å². The zero-order valence-electron chi connectivity index (χ0n) is 12.0. The van der Waals surface area contributed by atoms with Gasteiger partial charge in [0.25, 0.3) is 10.0 Å². The zero-order chi connectivity index (χ0) is 15.0. The molecule has 0 saturated heterocycles. The standard InChI is InChI=1S/C14H21N3O2S/c1-4-9-15-11-13-7-8-14(16-12-13)20(18,19)17(6-3)10-5-2/h2,7-8,12,15H,4,6,9-11H2,1,3H3. The van der Waals surface area contributed by atoms with Gasteiger partial charge < -0.3 is 5.32 Å². The number of nitrogens with zero attached hydrogens (tertiary/aromatic N) is 2. The van der Waals surface area contributed by atoms with Gasteiger partial charge in [0.05, 0.1) is 6.54 Å². The number of pyridine rings is 1. The molecule has 0 bridgehead atoms. The lowest BCUT2D eigenvalue weighted by molar-refractivity contribution is 0.461. The number of rotatable bonds is 8. The monoisotopic (exact) mass is 295 g/mol. The second-order valence-electron chi connectivity index (χ2n) is 4.32. The van der Waals surface area contributed by atoms with Crippen LogP contribution in [0.2, 0.25) is 0 Å². The third-order valence-electron chi connectivity index (χ3n) is 2.78. The topological polar surface area (TPSA) is 62.3 Å². The fourth-order valence-corrected chi connectivity index (χ4v) is 2.95. The van der Waals surface area contributed by atoms with Crippen molar-refractivity contribution >= 4 is 10.0 Å². The Hall–Kier alpha value is -1.42. The van der Waals surface area contributed by atoms with Crippen LogP contribution in [0, 0.1) is 12.3 Å². The molecule has 1 aromatic rings. The maximum absolute atomic E-state index is 12.3. The van der Waals surface area contributed by atoms with Gasteiger partial charge in [0.15, 0.2) is 5.03 Å². The molecule has 110 valence electrons. The Bertz CT molecular complexity index is 547. The van der Waals surface area contributed by atoms with E-state index in [9.17, 15) is 8.42 Å². The van der Waals surface area contributed by atoms with E-state index in [0.29, 0.717) is 13.1 Å². The van der Waals surface area contributed by atoms with Crippen molar-refractivity contribution in [1.82, 2.24) is 14.6 Å². The summed E-state index contributed by atoms with van der Waals surface area (Å²) < 4.78 is 25.8. The molecular formula is C14H21N3O2S. The predicted octanol–water partition coefficient (Wildman–Crippen LogP) is 1.22. The molecule has 0 fully saturated rings. The molecule has 6 heteroatoms. The number of sulfonamides is 1. The van der Waals surface area contributed by atoms with Crippen LogP contribution >= 0.6 is 0 Å². The Balaban J connectivity index is 2.84. The zero-order valence-corrected chi connectivity index (χ0v) is 12.8. The van der Waals surface area contributed by atoms with Crippen LogP contribution in [0.25, 0.3) is 0 Å². The molecule has 1 heterocycles. The van der Waals surface area contributed by atoms with Gasteiger partial charge in [0.2, 0.25) is 0 Å². The summed E-state index contributed by atoms with van der Waals surface area (Å²) in [5.74, 6) is 2.35. The molecule has 0 amide bonds. The maximum atomic E-state index is 12.3. The van der Waals surface area contributed by atoms with Crippen LogP contribution in [0.4, 0.5) is 0 Å². The minimum atomic E-state index is -3.60. The molecule has 0 aliphatic rings. The second kappa shape index (κ2) is 8.00. The van der Waals surface area contributed by atoms with Gasteiger partial charge in [-0.3, -0.25) is 0 Å². The molecule has 0 atom stereocenters. The van der Waals surface area contributed by atoms with Crippen LogP contribution in [0.3, 0.4) is 0 Å². The normalized spacial score (nSPS) is 11.5. The molecule has 0 spiro atoms. The average Bonchev–Trinajstić information content (AvgIpc) is 2.45. The lowest BCUT2D eigenvalue weighted by Crippen LogP contribution is -2.31. The van der Waals surface area contributed by atoms with Crippen molar-refractivity contribution in [3.8, 4) is 12.3 Å². The van der Waals surface area contributed by atoms with Crippen LogP contribution in [0.5, 0.6) is 0 Å². The molecule has 1 N–H and O–H groups in total. The Morgan fingerprint density at radius 2 is 2.15 bits per heavy atom. The highest BCUT2D eigenvalue weighted by Gasteiger charge is 2.23. The second-order valence-corrected chi connectivity index (χ2v) is 6.20. The van der Waals surface area contributed by atoms with E-state index < -0.39 is 10.0 Å². The number of hydrogen-bond acceptors (Lipinski definition) is 4. The average molecular weight is 295 g/mol. The van der Waals surface area contributed by atoms with Gasteiger partial charge in [-0.15, -0.1) is 6.42 Å². The summed E-state index contributed by atoms with van der Waals surface area (Å²) in [6.07, 6.45) is 7.82.